The first-order chi connectivity index (χ1) is 8.58. The van der Waals surface area contributed by atoms with Gasteiger partial charge in [0.05, 0.1) is 0 Å². The molecule has 0 bridgehead atoms. The molecule has 5 heteroatoms. The summed E-state index contributed by atoms with van der Waals surface area (Å²) in [7, 11) is 0. The maximum atomic E-state index is 6.05. The lowest BCUT2D eigenvalue weighted by Crippen LogP contribution is -2.09. The van der Waals surface area contributed by atoms with Crippen LogP contribution in [0.2, 0.25) is 5.02 Å². The van der Waals surface area contributed by atoms with E-state index in [-0.39, 0.29) is 0 Å². The molecule has 2 rings (SSSR count). The van der Waals surface area contributed by atoms with Crippen molar-refractivity contribution in [2.45, 2.75) is 6.92 Å². The third-order valence-electron chi connectivity index (χ3n) is 2.58. The second-order valence-corrected chi connectivity index (χ2v) is 4.68. The van der Waals surface area contributed by atoms with E-state index in [1.54, 1.807) is 6.20 Å². The summed E-state index contributed by atoms with van der Waals surface area (Å²) in [6, 6.07) is 9.35. The van der Waals surface area contributed by atoms with Gasteiger partial charge in [0.25, 0.3) is 0 Å². The minimum atomic E-state index is 0.341. The van der Waals surface area contributed by atoms with Gasteiger partial charge < -0.3 is 11.1 Å². The lowest BCUT2D eigenvalue weighted by Gasteiger charge is -2.10. The number of thiocarbonyl (C=S) groups is 1. The van der Waals surface area contributed by atoms with Crippen LogP contribution in [0.5, 0.6) is 0 Å². The van der Waals surface area contributed by atoms with Crippen LogP contribution in [-0.2, 0) is 0 Å². The standard InChI is InChI=1S/C13H12ClN3S/c1-8-10(14)3-2-4-11(8)17-12-6-5-9(7-16-12)13(15)18/h2-7H,1H3,(H2,15,18)(H,16,17). The molecule has 0 aliphatic heterocycles. The van der Waals surface area contributed by atoms with E-state index in [0.29, 0.717) is 4.99 Å². The van der Waals surface area contributed by atoms with Gasteiger partial charge in [-0.25, -0.2) is 4.98 Å². The van der Waals surface area contributed by atoms with E-state index >= 15 is 0 Å². The Hall–Kier alpha value is -1.65. The van der Waals surface area contributed by atoms with E-state index in [2.05, 4.69) is 10.3 Å². The van der Waals surface area contributed by atoms with Gasteiger partial charge in [0, 0.05) is 22.5 Å². The molecule has 3 nitrogen and oxygen atoms in total. The normalized spacial score (nSPS) is 10.1. The molecule has 1 heterocycles. The number of aromatic nitrogens is 1. The van der Waals surface area contributed by atoms with E-state index < -0.39 is 0 Å². The van der Waals surface area contributed by atoms with Gasteiger partial charge in [-0.2, -0.15) is 0 Å². The first-order valence-electron chi connectivity index (χ1n) is 5.36. The Morgan fingerprint density at radius 2 is 2.11 bits per heavy atom. The van der Waals surface area contributed by atoms with Crippen LogP contribution >= 0.6 is 23.8 Å². The largest absolute Gasteiger partial charge is 0.389 e. The molecule has 1 aromatic heterocycles. The second-order valence-electron chi connectivity index (χ2n) is 3.83. The number of pyridine rings is 1. The first kappa shape index (κ1) is 12.8. The number of anilines is 2. The van der Waals surface area contributed by atoms with E-state index in [1.165, 1.54) is 0 Å². The highest BCUT2D eigenvalue weighted by atomic mass is 35.5. The minimum absolute atomic E-state index is 0.341. The maximum Gasteiger partial charge on any atom is 0.130 e. The molecule has 0 saturated heterocycles. The summed E-state index contributed by atoms with van der Waals surface area (Å²) in [4.78, 5) is 4.59. The molecule has 3 N–H and O–H groups in total. The zero-order chi connectivity index (χ0) is 13.1. The smallest absolute Gasteiger partial charge is 0.130 e. The zero-order valence-corrected chi connectivity index (χ0v) is 11.3. The van der Waals surface area contributed by atoms with Crippen molar-refractivity contribution in [2.24, 2.45) is 5.73 Å². The van der Waals surface area contributed by atoms with Crippen molar-refractivity contribution in [3.63, 3.8) is 0 Å². The molecule has 0 saturated carbocycles. The molecule has 0 radical (unpaired) electrons. The Morgan fingerprint density at radius 3 is 2.72 bits per heavy atom. The summed E-state index contributed by atoms with van der Waals surface area (Å²) in [6.07, 6.45) is 1.64. The van der Waals surface area contributed by atoms with Gasteiger partial charge in [-0.05, 0) is 36.8 Å². The van der Waals surface area contributed by atoms with Gasteiger partial charge in [0.2, 0.25) is 0 Å². The second kappa shape index (κ2) is 5.33. The lowest BCUT2D eigenvalue weighted by molar-refractivity contribution is 1.29. The Bertz CT molecular complexity index is 581. The SMILES string of the molecule is Cc1c(Cl)cccc1Nc1ccc(C(N)=S)cn1. The van der Waals surface area contributed by atoms with Crippen molar-refractivity contribution in [3.05, 3.63) is 52.7 Å². The summed E-state index contributed by atoms with van der Waals surface area (Å²) < 4.78 is 0. The zero-order valence-electron chi connectivity index (χ0n) is 9.77. The third-order valence-corrected chi connectivity index (χ3v) is 3.22. The number of hydrogen-bond donors (Lipinski definition) is 2. The molecule has 0 unspecified atom stereocenters. The van der Waals surface area contributed by atoms with Crippen LogP contribution in [0.15, 0.2) is 36.5 Å². The molecule has 0 spiro atoms. The van der Waals surface area contributed by atoms with E-state index in [0.717, 1.165) is 27.7 Å². The Kier molecular flexibility index (Phi) is 3.79. The average Bonchev–Trinajstić information content (AvgIpc) is 2.36. The summed E-state index contributed by atoms with van der Waals surface area (Å²) in [6.45, 7) is 1.95. The van der Waals surface area contributed by atoms with Crippen molar-refractivity contribution >= 4 is 40.3 Å². The fourth-order valence-corrected chi connectivity index (χ4v) is 1.79. The monoisotopic (exact) mass is 277 g/mol. The van der Waals surface area contributed by atoms with E-state index in [9.17, 15) is 0 Å². The summed E-state index contributed by atoms with van der Waals surface area (Å²) in [5.41, 5.74) is 8.18. The molecule has 2 aromatic rings. The minimum Gasteiger partial charge on any atom is -0.389 e. The molecular formula is C13H12ClN3S. The first-order valence-corrected chi connectivity index (χ1v) is 6.14. The third kappa shape index (κ3) is 2.78. The maximum absolute atomic E-state index is 6.05. The van der Waals surface area contributed by atoms with Gasteiger partial charge in [0.15, 0.2) is 0 Å². The van der Waals surface area contributed by atoms with Crippen LogP contribution in [0.4, 0.5) is 11.5 Å². The molecule has 0 amide bonds. The van der Waals surface area contributed by atoms with Crippen LogP contribution < -0.4 is 11.1 Å². The van der Waals surface area contributed by atoms with E-state index in [1.807, 2.05) is 37.3 Å². The average molecular weight is 278 g/mol. The molecule has 92 valence electrons. The Balaban J connectivity index is 2.24. The summed E-state index contributed by atoms with van der Waals surface area (Å²) >= 11 is 10.9. The molecule has 1 aromatic carbocycles. The number of benzene rings is 1. The fourth-order valence-electron chi connectivity index (χ4n) is 1.49. The molecular weight excluding hydrogens is 266 g/mol. The van der Waals surface area contributed by atoms with Crippen molar-refractivity contribution in [3.8, 4) is 0 Å². The van der Waals surface area contributed by atoms with Gasteiger partial charge >= 0.3 is 0 Å². The van der Waals surface area contributed by atoms with Crippen LogP contribution in [0, 0.1) is 6.92 Å². The van der Waals surface area contributed by atoms with Gasteiger partial charge in [-0.15, -0.1) is 0 Å². The number of hydrogen-bond acceptors (Lipinski definition) is 3. The topological polar surface area (TPSA) is 50.9 Å². The van der Waals surface area contributed by atoms with E-state index in [4.69, 9.17) is 29.6 Å². The van der Waals surface area contributed by atoms with Crippen LogP contribution in [0.1, 0.15) is 11.1 Å². The highest BCUT2D eigenvalue weighted by Crippen LogP contribution is 2.25. The quantitative estimate of drug-likeness (QED) is 0.844. The Morgan fingerprint density at radius 1 is 1.33 bits per heavy atom. The summed E-state index contributed by atoms with van der Waals surface area (Å²) in [5, 5.41) is 3.92. The van der Waals surface area contributed by atoms with Gasteiger partial charge in [-0.1, -0.05) is 29.9 Å². The highest BCUT2D eigenvalue weighted by molar-refractivity contribution is 7.80. The van der Waals surface area contributed by atoms with Crippen LogP contribution in [0.3, 0.4) is 0 Å². The molecule has 0 atom stereocenters. The number of nitrogens with one attached hydrogen (secondary N) is 1. The van der Waals surface area contributed by atoms with Gasteiger partial charge in [0.1, 0.15) is 10.8 Å². The number of nitrogens with two attached hydrogens (primary N) is 1. The van der Waals surface area contributed by atoms with Crippen molar-refractivity contribution in [1.82, 2.24) is 4.98 Å². The predicted molar refractivity (Wildman–Crippen MR) is 79.6 cm³/mol. The number of nitrogens with zero attached hydrogens (tertiary/aromatic N) is 1. The molecule has 0 aliphatic carbocycles. The predicted octanol–water partition coefficient (Wildman–Crippen LogP) is 3.42. The number of rotatable bonds is 3. The summed E-state index contributed by atoms with van der Waals surface area (Å²) in [5.74, 6) is 0.723. The molecule has 0 fully saturated rings. The van der Waals surface area contributed by atoms with Crippen molar-refractivity contribution < 1.29 is 0 Å². The molecule has 18 heavy (non-hydrogen) atoms. The van der Waals surface area contributed by atoms with Gasteiger partial charge in [-0.3, -0.25) is 0 Å². The fraction of sp³-hybridized carbons (Fsp3) is 0.0769. The highest BCUT2D eigenvalue weighted by Gasteiger charge is 2.03. The Labute approximate surface area is 116 Å². The lowest BCUT2D eigenvalue weighted by atomic mass is 10.2. The van der Waals surface area contributed by atoms with Crippen LogP contribution in [0.25, 0.3) is 0 Å². The van der Waals surface area contributed by atoms with Crippen LogP contribution in [-0.4, -0.2) is 9.97 Å². The molecule has 0 aliphatic rings. The van der Waals surface area contributed by atoms with Crippen molar-refractivity contribution in [1.29, 1.82) is 0 Å². The number of halogens is 1. The van der Waals surface area contributed by atoms with Crippen molar-refractivity contribution in [2.75, 3.05) is 5.32 Å².